The molecule has 0 spiro atoms. The van der Waals surface area contributed by atoms with Crippen LogP contribution in [0.2, 0.25) is 0 Å². The number of benzene rings is 3. The summed E-state index contributed by atoms with van der Waals surface area (Å²) in [4.78, 5) is 7.48. The summed E-state index contributed by atoms with van der Waals surface area (Å²) >= 11 is 0. The molecule has 2 saturated heterocycles. The first kappa shape index (κ1) is 23.7. The minimum Gasteiger partial charge on any atom is -0.497 e. The zero-order chi connectivity index (χ0) is 23.9. The third-order valence-corrected chi connectivity index (χ3v) is 7.05. The highest BCUT2D eigenvalue weighted by Gasteiger charge is 2.16. The lowest BCUT2D eigenvalue weighted by molar-refractivity contribution is 0.0342. The fourth-order valence-corrected chi connectivity index (χ4v) is 5.15. The third-order valence-electron chi connectivity index (χ3n) is 7.05. The zero-order valence-corrected chi connectivity index (χ0v) is 20.9. The van der Waals surface area contributed by atoms with E-state index in [9.17, 15) is 0 Å². The van der Waals surface area contributed by atoms with E-state index in [1.54, 1.807) is 7.11 Å². The Balaban J connectivity index is 1.40. The Labute approximate surface area is 209 Å². The van der Waals surface area contributed by atoms with E-state index < -0.39 is 0 Å². The Bertz CT molecular complexity index is 1090. The van der Waals surface area contributed by atoms with Crippen LogP contribution in [0.5, 0.6) is 5.75 Å². The third kappa shape index (κ3) is 6.36. The molecule has 0 N–H and O–H groups in total. The number of nitrogens with zero attached hydrogens (tertiary/aromatic N) is 3. The molecule has 0 unspecified atom stereocenters. The van der Waals surface area contributed by atoms with Gasteiger partial charge < -0.3 is 19.3 Å². The number of morpholine rings is 1. The maximum atomic E-state index is 5.53. The molecule has 35 heavy (non-hydrogen) atoms. The summed E-state index contributed by atoms with van der Waals surface area (Å²) in [5.74, 6) is 0.902. The molecule has 5 heteroatoms. The van der Waals surface area contributed by atoms with Crippen LogP contribution in [-0.4, -0.2) is 51.4 Å². The number of hydrogen-bond donors (Lipinski definition) is 0. The lowest BCUT2D eigenvalue weighted by Gasteiger charge is -2.29. The van der Waals surface area contributed by atoms with E-state index in [0.29, 0.717) is 0 Å². The molecule has 0 aromatic heterocycles. The highest BCUT2D eigenvalue weighted by atomic mass is 16.5. The molecule has 0 bridgehead atoms. The van der Waals surface area contributed by atoms with Gasteiger partial charge in [-0.25, -0.2) is 0 Å². The second-order valence-corrected chi connectivity index (χ2v) is 9.63. The average Bonchev–Trinajstić information content (AvgIpc) is 3.45. The molecule has 0 amide bonds. The van der Waals surface area contributed by atoms with E-state index in [0.717, 1.165) is 51.7 Å². The van der Waals surface area contributed by atoms with Crippen molar-refractivity contribution < 1.29 is 9.47 Å². The van der Waals surface area contributed by atoms with Gasteiger partial charge in [-0.05, 0) is 65.9 Å². The first-order valence-electron chi connectivity index (χ1n) is 12.9. The van der Waals surface area contributed by atoms with Gasteiger partial charge in [0.15, 0.2) is 0 Å². The number of ether oxygens (including phenoxy) is 2. The van der Waals surface area contributed by atoms with E-state index in [1.807, 2.05) is 6.07 Å². The van der Waals surface area contributed by atoms with E-state index in [4.69, 9.17) is 9.47 Å². The summed E-state index contributed by atoms with van der Waals surface area (Å²) in [7, 11) is 1.73. The first-order valence-corrected chi connectivity index (χ1v) is 12.9. The Morgan fingerprint density at radius 2 is 1.46 bits per heavy atom. The summed E-state index contributed by atoms with van der Waals surface area (Å²) in [6.07, 6.45) is 2.59. The van der Waals surface area contributed by atoms with Gasteiger partial charge in [0, 0.05) is 57.2 Å². The summed E-state index contributed by atoms with van der Waals surface area (Å²) in [6, 6.07) is 26.6. The second-order valence-electron chi connectivity index (χ2n) is 9.63. The van der Waals surface area contributed by atoms with Gasteiger partial charge in [0.25, 0.3) is 0 Å². The smallest absolute Gasteiger partial charge is 0.119 e. The molecule has 2 aliphatic heterocycles. The van der Waals surface area contributed by atoms with Crippen LogP contribution in [0.1, 0.15) is 29.5 Å². The van der Waals surface area contributed by atoms with Crippen molar-refractivity contribution in [2.45, 2.75) is 32.5 Å². The molecule has 3 aromatic rings. The van der Waals surface area contributed by atoms with Crippen molar-refractivity contribution in [1.82, 2.24) is 4.90 Å². The number of anilines is 2. The zero-order valence-electron chi connectivity index (χ0n) is 20.9. The van der Waals surface area contributed by atoms with E-state index >= 15 is 0 Å². The molecule has 2 fully saturated rings. The molecular weight excluding hydrogens is 434 g/mol. The van der Waals surface area contributed by atoms with Gasteiger partial charge in [-0.2, -0.15) is 0 Å². The summed E-state index contributed by atoms with van der Waals surface area (Å²) in [5.41, 5.74) is 6.55. The minimum atomic E-state index is 0.826. The normalized spacial score (nSPS) is 16.4. The summed E-state index contributed by atoms with van der Waals surface area (Å²) in [5, 5.41) is 0. The SMILES string of the molecule is COc1cccc(CN(Cc2cccc(N3CCCC3)c2)c2cccc(CN3CCOCC3)c2)c1. The van der Waals surface area contributed by atoms with Crippen LogP contribution >= 0.6 is 0 Å². The largest absolute Gasteiger partial charge is 0.497 e. The van der Waals surface area contributed by atoms with Crippen LogP contribution in [0.15, 0.2) is 72.8 Å². The molecule has 5 rings (SSSR count). The van der Waals surface area contributed by atoms with Crippen molar-refractivity contribution in [3.05, 3.63) is 89.5 Å². The lowest BCUT2D eigenvalue weighted by atomic mass is 10.1. The van der Waals surface area contributed by atoms with Crippen molar-refractivity contribution >= 4 is 11.4 Å². The van der Waals surface area contributed by atoms with Crippen molar-refractivity contribution in [1.29, 1.82) is 0 Å². The standard InChI is InChI=1S/C30H37N3O2/c1-34-30-12-6-9-27(21-30)24-33(23-26-8-5-10-28(20-26)32-13-2-3-14-32)29-11-4-7-25(19-29)22-31-15-17-35-18-16-31/h4-12,19-21H,2-3,13-18,22-24H2,1H3. The van der Waals surface area contributed by atoms with E-state index in [2.05, 4.69) is 81.4 Å². The molecule has 0 atom stereocenters. The van der Waals surface area contributed by atoms with Crippen LogP contribution < -0.4 is 14.5 Å². The maximum Gasteiger partial charge on any atom is 0.119 e. The van der Waals surface area contributed by atoms with E-state index in [1.165, 1.54) is 54.0 Å². The van der Waals surface area contributed by atoms with Gasteiger partial charge in [0.1, 0.15) is 5.75 Å². The second kappa shape index (κ2) is 11.6. The predicted molar refractivity (Wildman–Crippen MR) is 143 cm³/mol. The monoisotopic (exact) mass is 471 g/mol. The number of methoxy groups -OCH3 is 1. The van der Waals surface area contributed by atoms with Gasteiger partial charge in [0.2, 0.25) is 0 Å². The molecular formula is C30H37N3O2. The number of hydrogen-bond acceptors (Lipinski definition) is 5. The van der Waals surface area contributed by atoms with Crippen molar-refractivity contribution in [2.24, 2.45) is 0 Å². The van der Waals surface area contributed by atoms with Gasteiger partial charge in [-0.15, -0.1) is 0 Å². The number of rotatable bonds is 9. The van der Waals surface area contributed by atoms with Gasteiger partial charge in [-0.3, -0.25) is 4.90 Å². The van der Waals surface area contributed by atoms with Gasteiger partial charge in [-0.1, -0.05) is 36.4 Å². The molecule has 2 aliphatic rings. The van der Waals surface area contributed by atoms with Crippen molar-refractivity contribution in [3.63, 3.8) is 0 Å². The van der Waals surface area contributed by atoms with Crippen LogP contribution in [0.25, 0.3) is 0 Å². The fraction of sp³-hybridized carbons (Fsp3) is 0.400. The van der Waals surface area contributed by atoms with Gasteiger partial charge >= 0.3 is 0 Å². The summed E-state index contributed by atoms with van der Waals surface area (Å²) < 4.78 is 11.0. The Morgan fingerprint density at radius 3 is 2.23 bits per heavy atom. The Morgan fingerprint density at radius 1 is 0.771 bits per heavy atom. The van der Waals surface area contributed by atoms with Crippen LogP contribution in [0.3, 0.4) is 0 Å². The lowest BCUT2D eigenvalue weighted by Crippen LogP contribution is -2.35. The molecule has 0 saturated carbocycles. The molecule has 3 aromatic carbocycles. The van der Waals surface area contributed by atoms with Crippen LogP contribution in [0, 0.1) is 0 Å². The minimum absolute atomic E-state index is 0.826. The maximum absolute atomic E-state index is 5.53. The average molecular weight is 472 g/mol. The molecule has 2 heterocycles. The molecule has 0 radical (unpaired) electrons. The molecule has 0 aliphatic carbocycles. The van der Waals surface area contributed by atoms with Gasteiger partial charge in [0.05, 0.1) is 20.3 Å². The summed E-state index contributed by atoms with van der Waals surface area (Å²) in [6.45, 7) is 8.65. The highest BCUT2D eigenvalue weighted by Crippen LogP contribution is 2.26. The predicted octanol–water partition coefficient (Wildman–Crippen LogP) is 5.33. The quantitative estimate of drug-likeness (QED) is 0.420. The fourth-order valence-electron chi connectivity index (χ4n) is 5.15. The van der Waals surface area contributed by atoms with Crippen LogP contribution in [0.4, 0.5) is 11.4 Å². The molecule has 5 nitrogen and oxygen atoms in total. The first-order chi connectivity index (χ1) is 17.3. The Kier molecular flexibility index (Phi) is 7.86. The van der Waals surface area contributed by atoms with Crippen LogP contribution in [-0.2, 0) is 24.4 Å². The van der Waals surface area contributed by atoms with E-state index in [-0.39, 0.29) is 0 Å². The Hall–Kier alpha value is -3.02. The topological polar surface area (TPSA) is 28.2 Å². The van der Waals surface area contributed by atoms with Crippen molar-refractivity contribution in [2.75, 3.05) is 56.3 Å². The highest BCUT2D eigenvalue weighted by molar-refractivity contribution is 5.53. The molecule has 184 valence electrons. The van der Waals surface area contributed by atoms with Crippen molar-refractivity contribution in [3.8, 4) is 5.75 Å².